The quantitative estimate of drug-likeness (QED) is 0.444. The number of ether oxygens (including phenoxy) is 1. The smallest absolute Gasteiger partial charge is 0.244 e. The van der Waals surface area contributed by atoms with Crippen LogP contribution in [0.2, 0.25) is 0 Å². The molecule has 2 rings (SSSR count). The number of halogens is 1. The molecule has 0 aromatic heterocycles. The van der Waals surface area contributed by atoms with Gasteiger partial charge in [0.15, 0.2) is 0 Å². The molecule has 0 aliphatic rings. The van der Waals surface area contributed by atoms with Gasteiger partial charge in [-0.15, -0.1) is 11.8 Å². The predicted molar refractivity (Wildman–Crippen MR) is 96.8 cm³/mol. The van der Waals surface area contributed by atoms with Gasteiger partial charge in [0.1, 0.15) is 11.6 Å². The van der Waals surface area contributed by atoms with Crippen molar-refractivity contribution in [3.05, 3.63) is 66.0 Å². The fourth-order valence-corrected chi connectivity index (χ4v) is 2.89. The van der Waals surface area contributed by atoms with Crippen molar-refractivity contribution in [2.45, 2.75) is 11.3 Å². The van der Waals surface area contributed by atoms with Crippen LogP contribution in [0.15, 0.2) is 59.5 Å². The summed E-state index contributed by atoms with van der Waals surface area (Å²) in [5.74, 6) is 1.24. The van der Waals surface area contributed by atoms with Crippen LogP contribution in [0.3, 0.4) is 0 Å². The summed E-state index contributed by atoms with van der Waals surface area (Å²) in [4.78, 5) is 12.8. The fourth-order valence-electron chi connectivity index (χ4n) is 2.03. The lowest BCUT2D eigenvalue weighted by Crippen LogP contribution is -2.22. The second-order valence-corrected chi connectivity index (χ2v) is 6.19. The first-order valence-corrected chi connectivity index (χ1v) is 8.65. The van der Waals surface area contributed by atoms with Gasteiger partial charge in [-0.2, -0.15) is 0 Å². The van der Waals surface area contributed by atoms with Crippen molar-refractivity contribution >= 4 is 23.7 Å². The van der Waals surface area contributed by atoms with E-state index in [0.29, 0.717) is 6.54 Å². The summed E-state index contributed by atoms with van der Waals surface area (Å²) >= 11 is 1.64. The second-order valence-electron chi connectivity index (χ2n) is 5.02. The predicted octanol–water partition coefficient (Wildman–Crippen LogP) is 4.15. The molecule has 0 spiro atoms. The number of carbonyl (C=O) groups excluding carboxylic acids is 1. The van der Waals surface area contributed by atoms with Crippen molar-refractivity contribution in [2.24, 2.45) is 0 Å². The molecule has 0 bridgehead atoms. The van der Waals surface area contributed by atoms with Gasteiger partial charge < -0.3 is 10.1 Å². The van der Waals surface area contributed by atoms with Gasteiger partial charge in [0.25, 0.3) is 0 Å². The molecule has 0 atom stereocenters. The highest BCUT2D eigenvalue weighted by Crippen LogP contribution is 2.19. The van der Waals surface area contributed by atoms with Gasteiger partial charge in [-0.1, -0.05) is 18.2 Å². The summed E-state index contributed by atoms with van der Waals surface area (Å²) in [6, 6.07) is 13.9. The molecule has 3 nitrogen and oxygen atoms in total. The molecule has 5 heteroatoms. The number of para-hydroxylation sites is 1. The third-order valence-corrected chi connectivity index (χ3v) is 4.35. The summed E-state index contributed by atoms with van der Waals surface area (Å²) < 4.78 is 18.0. The minimum Gasteiger partial charge on any atom is -0.496 e. The number of hydrogen-bond acceptors (Lipinski definition) is 3. The van der Waals surface area contributed by atoms with E-state index in [1.54, 1.807) is 37.1 Å². The molecule has 24 heavy (non-hydrogen) atoms. The molecule has 1 amide bonds. The lowest BCUT2D eigenvalue weighted by molar-refractivity contribution is -0.116. The molecule has 0 aliphatic heterocycles. The van der Waals surface area contributed by atoms with Crippen LogP contribution >= 0.6 is 11.8 Å². The number of nitrogens with one attached hydrogen (secondary N) is 1. The largest absolute Gasteiger partial charge is 0.496 e. The maximum absolute atomic E-state index is 12.8. The molecule has 0 radical (unpaired) electrons. The van der Waals surface area contributed by atoms with Crippen molar-refractivity contribution in [3.63, 3.8) is 0 Å². The van der Waals surface area contributed by atoms with E-state index in [1.807, 2.05) is 24.3 Å². The van der Waals surface area contributed by atoms with Gasteiger partial charge in [0, 0.05) is 23.1 Å². The summed E-state index contributed by atoms with van der Waals surface area (Å²) in [5, 5.41) is 2.85. The van der Waals surface area contributed by atoms with Gasteiger partial charge in [0.2, 0.25) is 5.91 Å². The van der Waals surface area contributed by atoms with Gasteiger partial charge in [-0.25, -0.2) is 4.39 Å². The summed E-state index contributed by atoms with van der Waals surface area (Å²) in [5.41, 5.74) is 0.863. The van der Waals surface area contributed by atoms with E-state index in [4.69, 9.17) is 4.74 Å². The summed E-state index contributed by atoms with van der Waals surface area (Å²) in [6.45, 7) is 0.600. The Bertz CT molecular complexity index is 686. The zero-order chi connectivity index (χ0) is 17.2. The van der Waals surface area contributed by atoms with E-state index >= 15 is 0 Å². The highest BCUT2D eigenvalue weighted by atomic mass is 32.2. The number of rotatable bonds is 8. The van der Waals surface area contributed by atoms with E-state index < -0.39 is 0 Å². The number of thioether (sulfide) groups is 1. The molecule has 0 saturated heterocycles. The summed E-state index contributed by atoms with van der Waals surface area (Å²) in [6.07, 6.45) is 4.09. The standard InChI is InChI=1S/C19H20FNO2S/c1-23-18-6-3-2-5-15(18)7-12-19(22)21-13-4-14-24-17-10-8-16(20)9-11-17/h2-3,5-12H,4,13-14H2,1H3,(H,21,22)/b12-7+. The average molecular weight is 345 g/mol. The molecule has 2 aromatic carbocycles. The molecule has 0 fully saturated rings. The Morgan fingerprint density at radius 2 is 1.96 bits per heavy atom. The minimum atomic E-state index is -0.228. The van der Waals surface area contributed by atoms with Crippen LogP contribution in [-0.2, 0) is 4.79 Å². The van der Waals surface area contributed by atoms with Crippen LogP contribution in [-0.4, -0.2) is 25.3 Å². The van der Waals surface area contributed by atoms with Crippen molar-refractivity contribution in [2.75, 3.05) is 19.4 Å². The number of methoxy groups -OCH3 is 1. The van der Waals surface area contributed by atoms with E-state index in [0.717, 1.165) is 28.4 Å². The van der Waals surface area contributed by atoms with Crippen LogP contribution in [0.1, 0.15) is 12.0 Å². The van der Waals surface area contributed by atoms with Crippen molar-refractivity contribution in [1.82, 2.24) is 5.32 Å². The van der Waals surface area contributed by atoms with E-state index in [1.165, 1.54) is 18.2 Å². The Kier molecular flexibility index (Phi) is 7.36. The van der Waals surface area contributed by atoms with Crippen molar-refractivity contribution in [1.29, 1.82) is 0 Å². The molecule has 0 aliphatic carbocycles. The van der Waals surface area contributed by atoms with Crippen LogP contribution in [0.4, 0.5) is 4.39 Å². The van der Waals surface area contributed by atoms with Crippen LogP contribution in [0.5, 0.6) is 5.75 Å². The third kappa shape index (κ3) is 6.08. The highest BCUT2D eigenvalue weighted by Gasteiger charge is 2.00. The number of amides is 1. The average Bonchev–Trinajstić information content (AvgIpc) is 2.61. The molecular weight excluding hydrogens is 325 g/mol. The van der Waals surface area contributed by atoms with Gasteiger partial charge in [-0.3, -0.25) is 4.79 Å². The minimum absolute atomic E-state index is 0.132. The van der Waals surface area contributed by atoms with E-state index in [-0.39, 0.29) is 11.7 Å². The maximum atomic E-state index is 12.8. The number of benzene rings is 2. The van der Waals surface area contributed by atoms with Crippen molar-refractivity contribution < 1.29 is 13.9 Å². The Morgan fingerprint density at radius 1 is 1.21 bits per heavy atom. The lowest BCUT2D eigenvalue weighted by atomic mass is 10.2. The van der Waals surface area contributed by atoms with Crippen molar-refractivity contribution in [3.8, 4) is 5.75 Å². The SMILES string of the molecule is COc1ccccc1/C=C/C(=O)NCCCSc1ccc(F)cc1. The topological polar surface area (TPSA) is 38.3 Å². The lowest BCUT2D eigenvalue weighted by Gasteiger charge is -2.04. The maximum Gasteiger partial charge on any atom is 0.244 e. The third-order valence-electron chi connectivity index (χ3n) is 3.26. The molecule has 2 aromatic rings. The van der Waals surface area contributed by atoms with E-state index in [2.05, 4.69) is 5.32 Å². The Hall–Kier alpha value is -2.27. The zero-order valence-corrected chi connectivity index (χ0v) is 14.3. The molecular formula is C19H20FNO2S. The van der Waals surface area contributed by atoms with Crippen LogP contribution in [0.25, 0.3) is 6.08 Å². The first-order valence-electron chi connectivity index (χ1n) is 7.66. The normalized spacial score (nSPS) is 10.8. The second kappa shape index (κ2) is 9.78. The first-order chi connectivity index (χ1) is 11.7. The zero-order valence-electron chi connectivity index (χ0n) is 13.5. The molecule has 0 unspecified atom stereocenters. The Morgan fingerprint density at radius 3 is 2.71 bits per heavy atom. The van der Waals surface area contributed by atoms with Gasteiger partial charge >= 0.3 is 0 Å². The molecule has 0 heterocycles. The molecule has 1 N–H and O–H groups in total. The monoisotopic (exact) mass is 345 g/mol. The molecule has 126 valence electrons. The Labute approximate surface area is 145 Å². The fraction of sp³-hybridized carbons (Fsp3) is 0.211. The number of carbonyl (C=O) groups is 1. The Balaban J connectivity index is 1.68. The molecule has 0 saturated carbocycles. The van der Waals surface area contributed by atoms with Crippen LogP contribution in [0, 0.1) is 5.82 Å². The highest BCUT2D eigenvalue weighted by molar-refractivity contribution is 7.99. The first kappa shape index (κ1) is 18.1. The summed E-state index contributed by atoms with van der Waals surface area (Å²) in [7, 11) is 1.60. The van der Waals surface area contributed by atoms with Gasteiger partial charge in [-0.05, 0) is 48.6 Å². The van der Waals surface area contributed by atoms with Crippen LogP contribution < -0.4 is 10.1 Å². The number of hydrogen-bond donors (Lipinski definition) is 1. The van der Waals surface area contributed by atoms with E-state index in [9.17, 15) is 9.18 Å². The van der Waals surface area contributed by atoms with Gasteiger partial charge in [0.05, 0.1) is 7.11 Å².